The Balaban J connectivity index is 3.21. The van der Waals surface area contributed by atoms with Gasteiger partial charge in [-0.1, -0.05) is 0 Å². The Morgan fingerprint density at radius 1 is 1.00 bits per heavy atom. The van der Waals surface area contributed by atoms with Crippen LogP contribution in [0.15, 0.2) is 12.1 Å². The van der Waals surface area contributed by atoms with Crippen molar-refractivity contribution in [2.45, 2.75) is 5.88 Å². The summed E-state index contributed by atoms with van der Waals surface area (Å²) in [5.74, 6) is 0.602. The van der Waals surface area contributed by atoms with Crippen LogP contribution in [0.5, 0.6) is 0 Å². The zero-order valence-electron chi connectivity index (χ0n) is 5.37. The van der Waals surface area contributed by atoms with E-state index in [9.17, 15) is 0 Å². The number of halogens is 4. The standard InChI is InChI=1S/C7H4ClI3/c8-3-4-1-6(10)7(11)2-5(4)9/h1-2H,3H2. The zero-order chi connectivity index (χ0) is 8.43. The maximum Gasteiger partial charge on any atom is 0.0484 e. The molecule has 0 radical (unpaired) electrons. The van der Waals surface area contributed by atoms with E-state index < -0.39 is 0 Å². The van der Waals surface area contributed by atoms with Crippen LogP contribution in [0.1, 0.15) is 5.56 Å². The van der Waals surface area contributed by atoms with Gasteiger partial charge in [0.1, 0.15) is 0 Å². The van der Waals surface area contributed by atoms with Crippen molar-refractivity contribution in [3.05, 3.63) is 28.4 Å². The summed E-state index contributed by atoms with van der Waals surface area (Å²) in [7, 11) is 0. The van der Waals surface area contributed by atoms with Crippen molar-refractivity contribution in [2.75, 3.05) is 0 Å². The van der Waals surface area contributed by atoms with Gasteiger partial charge in [0.15, 0.2) is 0 Å². The molecule has 0 unspecified atom stereocenters. The Hall–Kier alpha value is 1.70. The van der Waals surface area contributed by atoms with Crippen LogP contribution >= 0.6 is 79.4 Å². The Bertz CT molecular complexity index is 273. The third kappa shape index (κ3) is 2.84. The van der Waals surface area contributed by atoms with Crippen molar-refractivity contribution in [3.63, 3.8) is 0 Å². The second-order valence-electron chi connectivity index (χ2n) is 1.99. The van der Waals surface area contributed by atoms with Gasteiger partial charge in [0, 0.05) is 16.6 Å². The van der Waals surface area contributed by atoms with Crippen molar-refractivity contribution in [1.82, 2.24) is 0 Å². The van der Waals surface area contributed by atoms with E-state index in [0.29, 0.717) is 5.88 Å². The fraction of sp³-hybridized carbons (Fsp3) is 0.143. The van der Waals surface area contributed by atoms with Crippen LogP contribution in [0.3, 0.4) is 0 Å². The SMILES string of the molecule is ClCc1cc(I)c(I)cc1I. The first-order valence-electron chi connectivity index (χ1n) is 2.84. The molecule has 0 N–H and O–H groups in total. The highest BCUT2D eigenvalue weighted by Crippen LogP contribution is 2.22. The smallest absolute Gasteiger partial charge is 0.0484 e. The molecule has 60 valence electrons. The van der Waals surface area contributed by atoms with E-state index in [-0.39, 0.29) is 0 Å². The van der Waals surface area contributed by atoms with Crippen LogP contribution in [-0.2, 0) is 5.88 Å². The lowest BCUT2D eigenvalue weighted by atomic mass is 10.2. The zero-order valence-corrected chi connectivity index (χ0v) is 12.6. The molecule has 1 rings (SSSR count). The van der Waals surface area contributed by atoms with Gasteiger partial charge >= 0.3 is 0 Å². The lowest BCUT2D eigenvalue weighted by Gasteiger charge is -2.02. The van der Waals surface area contributed by atoms with E-state index in [1.54, 1.807) is 0 Å². The minimum atomic E-state index is 0.602. The Kier molecular flexibility index (Phi) is 4.71. The third-order valence-electron chi connectivity index (χ3n) is 1.23. The molecule has 1 aromatic rings. The van der Waals surface area contributed by atoms with Crippen LogP contribution in [0.2, 0.25) is 0 Å². The van der Waals surface area contributed by atoms with Gasteiger partial charge in [0.05, 0.1) is 0 Å². The number of hydrogen-bond acceptors (Lipinski definition) is 0. The predicted molar refractivity (Wildman–Crippen MR) is 74.2 cm³/mol. The predicted octanol–water partition coefficient (Wildman–Crippen LogP) is 4.24. The van der Waals surface area contributed by atoms with Crippen molar-refractivity contribution < 1.29 is 0 Å². The molecule has 11 heavy (non-hydrogen) atoms. The molecule has 0 aliphatic heterocycles. The first kappa shape index (κ1) is 10.8. The van der Waals surface area contributed by atoms with E-state index >= 15 is 0 Å². The fourth-order valence-corrected chi connectivity index (χ4v) is 3.37. The molecule has 0 amide bonds. The van der Waals surface area contributed by atoms with Gasteiger partial charge in [-0.25, -0.2) is 0 Å². The highest BCUT2D eigenvalue weighted by molar-refractivity contribution is 14.1. The molecule has 0 nitrogen and oxygen atoms in total. The summed E-state index contributed by atoms with van der Waals surface area (Å²) in [4.78, 5) is 0. The normalized spacial score (nSPS) is 10.2. The third-order valence-corrected chi connectivity index (χ3v) is 5.34. The van der Waals surface area contributed by atoms with Gasteiger partial charge in [0.2, 0.25) is 0 Å². The average molecular weight is 504 g/mol. The molecule has 0 aliphatic rings. The number of rotatable bonds is 1. The number of alkyl halides is 1. The van der Waals surface area contributed by atoms with Gasteiger partial charge in [-0.2, -0.15) is 0 Å². The molecule has 0 fully saturated rings. The lowest BCUT2D eigenvalue weighted by Crippen LogP contribution is -1.88. The Labute approximate surface area is 112 Å². The topological polar surface area (TPSA) is 0 Å². The monoisotopic (exact) mass is 504 g/mol. The van der Waals surface area contributed by atoms with Gasteiger partial charge in [0.25, 0.3) is 0 Å². The molecule has 4 heteroatoms. The first-order valence-corrected chi connectivity index (χ1v) is 6.61. The average Bonchev–Trinajstić information content (AvgIpc) is 1.97. The molecule has 0 bridgehead atoms. The van der Waals surface area contributed by atoms with Crippen molar-refractivity contribution in [2.24, 2.45) is 0 Å². The maximum absolute atomic E-state index is 5.75. The van der Waals surface area contributed by atoms with E-state index in [4.69, 9.17) is 11.6 Å². The summed E-state index contributed by atoms with van der Waals surface area (Å²) < 4.78 is 3.82. The molecule has 0 aliphatic carbocycles. The molecule has 0 saturated carbocycles. The minimum Gasteiger partial charge on any atom is -0.122 e. The molecule has 0 spiro atoms. The fourth-order valence-electron chi connectivity index (χ4n) is 0.666. The molecule has 0 atom stereocenters. The van der Waals surface area contributed by atoms with E-state index in [0.717, 1.165) is 0 Å². The summed E-state index contributed by atoms with van der Waals surface area (Å²) in [5, 5.41) is 0. The van der Waals surface area contributed by atoms with E-state index in [1.165, 1.54) is 16.3 Å². The highest BCUT2D eigenvalue weighted by atomic mass is 127. The molecule has 1 aromatic carbocycles. The number of benzene rings is 1. The van der Waals surface area contributed by atoms with Crippen molar-refractivity contribution >= 4 is 79.4 Å². The van der Waals surface area contributed by atoms with E-state index in [2.05, 4.69) is 79.9 Å². The summed E-state index contributed by atoms with van der Waals surface area (Å²) in [6.45, 7) is 0. The number of hydrogen-bond donors (Lipinski definition) is 0. The maximum atomic E-state index is 5.75. The summed E-state index contributed by atoms with van der Waals surface area (Å²) >= 11 is 12.7. The second kappa shape index (κ2) is 4.80. The van der Waals surface area contributed by atoms with Crippen LogP contribution in [0.4, 0.5) is 0 Å². The lowest BCUT2D eigenvalue weighted by molar-refractivity contribution is 1.34. The van der Waals surface area contributed by atoms with E-state index in [1.807, 2.05) is 0 Å². The highest BCUT2D eigenvalue weighted by Gasteiger charge is 2.02. The molecule has 0 saturated heterocycles. The largest absolute Gasteiger partial charge is 0.122 e. The van der Waals surface area contributed by atoms with Crippen LogP contribution in [0, 0.1) is 10.7 Å². The summed E-state index contributed by atoms with van der Waals surface area (Å²) in [6.07, 6.45) is 0. The molecular formula is C7H4ClI3. The molecule has 0 aromatic heterocycles. The van der Waals surface area contributed by atoms with Gasteiger partial charge in [-0.05, 0) is 85.5 Å². The van der Waals surface area contributed by atoms with Gasteiger partial charge in [-0.15, -0.1) is 11.6 Å². The van der Waals surface area contributed by atoms with Crippen molar-refractivity contribution in [1.29, 1.82) is 0 Å². The summed E-state index contributed by atoms with van der Waals surface area (Å²) in [6, 6.07) is 4.29. The van der Waals surface area contributed by atoms with Crippen LogP contribution < -0.4 is 0 Å². The molecular weight excluding hydrogens is 500 g/mol. The van der Waals surface area contributed by atoms with Crippen molar-refractivity contribution in [3.8, 4) is 0 Å². The Morgan fingerprint density at radius 3 is 2.09 bits per heavy atom. The minimum absolute atomic E-state index is 0.602. The van der Waals surface area contributed by atoms with Crippen LogP contribution in [0.25, 0.3) is 0 Å². The quantitative estimate of drug-likeness (QED) is 0.305. The molecule has 0 heterocycles. The first-order chi connectivity index (χ1) is 5.15. The second-order valence-corrected chi connectivity index (χ2v) is 5.75. The van der Waals surface area contributed by atoms with Gasteiger partial charge < -0.3 is 0 Å². The Morgan fingerprint density at radius 2 is 1.55 bits per heavy atom. The summed E-state index contributed by atoms with van der Waals surface area (Å²) in [5.41, 5.74) is 1.22. The van der Waals surface area contributed by atoms with Crippen LogP contribution in [-0.4, -0.2) is 0 Å². The van der Waals surface area contributed by atoms with Gasteiger partial charge in [-0.3, -0.25) is 0 Å².